The molecule has 2 N–H and O–H groups in total. The van der Waals surface area contributed by atoms with Crippen LogP contribution in [-0.2, 0) is 9.47 Å². The normalized spacial score (nSPS) is 17.7. The van der Waals surface area contributed by atoms with Crippen molar-refractivity contribution in [3.63, 3.8) is 0 Å². The predicted molar refractivity (Wildman–Crippen MR) is 101 cm³/mol. The summed E-state index contributed by atoms with van der Waals surface area (Å²) in [5.41, 5.74) is 0. The van der Waals surface area contributed by atoms with E-state index >= 15 is 0 Å². The Morgan fingerprint density at radius 2 is 1.92 bits per heavy atom. The lowest BCUT2D eigenvalue weighted by Crippen LogP contribution is -2.39. The van der Waals surface area contributed by atoms with Gasteiger partial charge in [-0.15, -0.1) is 0 Å². The second-order valence-electron chi connectivity index (χ2n) is 6.57. The lowest BCUT2D eigenvalue weighted by atomic mass is 10.1. The lowest BCUT2D eigenvalue weighted by Gasteiger charge is -2.28. The van der Waals surface area contributed by atoms with Crippen molar-refractivity contribution in [3.05, 3.63) is 0 Å². The second-order valence-corrected chi connectivity index (χ2v) is 6.57. The number of nitrogens with zero attached hydrogens (tertiary/aromatic N) is 2. The Balaban J connectivity index is 2.17. The number of piperidine rings is 1. The molecule has 1 aliphatic rings. The number of likely N-dealkylation sites (tertiary alicyclic amines) is 1. The van der Waals surface area contributed by atoms with Crippen LogP contribution in [0.1, 0.15) is 39.5 Å². The summed E-state index contributed by atoms with van der Waals surface area (Å²) in [5.74, 6) is 1.51. The molecule has 1 unspecified atom stereocenters. The fourth-order valence-electron chi connectivity index (χ4n) is 2.85. The van der Waals surface area contributed by atoms with Crippen LogP contribution in [0.3, 0.4) is 0 Å². The van der Waals surface area contributed by atoms with Gasteiger partial charge < -0.3 is 25.0 Å². The van der Waals surface area contributed by atoms with Crippen molar-refractivity contribution in [3.8, 4) is 0 Å². The van der Waals surface area contributed by atoms with Gasteiger partial charge in [0.1, 0.15) is 0 Å². The van der Waals surface area contributed by atoms with E-state index in [1.54, 1.807) is 7.11 Å². The summed E-state index contributed by atoms with van der Waals surface area (Å²) in [7, 11) is 1.69. The molecule has 1 atom stereocenters. The van der Waals surface area contributed by atoms with Crippen LogP contribution >= 0.6 is 0 Å². The number of hydrogen-bond donors (Lipinski definition) is 2. The van der Waals surface area contributed by atoms with Crippen molar-refractivity contribution in [1.82, 2.24) is 15.5 Å². The van der Waals surface area contributed by atoms with Crippen LogP contribution in [0.4, 0.5) is 0 Å². The molecule has 0 aromatic carbocycles. The third kappa shape index (κ3) is 10.8. The van der Waals surface area contributed by atoms with Crippen molar-refractivity contribution in [2.24, 2.45) is 10.9 Å². The van der Waals surface area contributed by atoms with E-state index in [1.807, 2.05) is 0 Å². The summed E-state index contributed by atoms with van der Waals surface area (Å²) in [6.07, 6.45) is 5.07. The van der Waals surface area contributed by atoms with Gasteiger partial charge in [-0.2, -0.15) is 0 Å². The number of nitrogens with one attached hydrogen (secondary N) is 2. The van der Waals surface area contributed by atoms with Crippen molar-refractivity contribution in [1.29, 1.82) is 0 Å². The zero-order valence-electron chi connectivity index (χ0n) is 16.0. The lowest BCUT2D eigenvalue weighted by molar-refractivity contribution is 0.0698. The van der Waals surface area contributed by atoms with Crippen LogP contribution in [0.25, 0.3) is 0 Å². The van der Waals surface area contributed by atoms with E-state index in [0.717, 1.165) is 45.2 Å². The van der Waals surface area contributed by atoms with E-state index in [9.17, 15) is 0 Å². The topological polar surface area (TPSA) is 58.1 Å². The highest BCUT2D eigenvalue weighted by molar-refractivity contribution is 5.79. The van der Waals surface area contributed by atoms with Crippen molar-refractivity contribution >= 4 is 5.96 Å². The second kappa shape index (κ2) is 14.5. The van der Waals surface area contributed by atoms with Crippen molar-refractivity contribution < 1.29 is 9.47 Å². The molecule has 1 rings (SSSR count). The van der Waals surface area contributed by atoms with Gasteiger partial charge in [0.25, 0.3) is 0 Å². The Morgan fingerprint density at radius 3 is 2.62 bits per heavy atom. The smallest absolute Gasteiger partial charge is 0.191 e. The summed E-state index contributed by atoms with van der Waals surface area (Å²) in [6.45, 7) is 12.8. The van der Waals surface area contributed by atoms with E-state index in [-0.39, 0.29) is 0 Å². The fourth-order valence-corrected chi connectivity index (χ4v) is 2.85. The number of guanidine groups is 1. The number of hydrogen-bond acceptors (Lipinski definition) is 4. The molecule has 24 heavy (non-hydrogen) atoms. The number of methoxy groups -OCH3 is 1. The molecule has 6 heteroatoms. The van der Waals surface area contributed by atoms with Crippen LogP contribution in [0.15, 0.2) is 4.99 Å². The van der Waals surface area contributed by atoms with Gasteiger partial charge in [-0.3, -0.25) is 4.99 Å². The van der Waals surface area contributed by atoms with Crippen molar-refractivity contribution in [2.45, 2.75) is 39.5 Å². The van der Waals surface area contributed by atoms with Gasteiger partial charge in [0.15, 0.2) is 5.96 Å². The molecule has 1 saturated heterocycles. The Kier molecular flexibility index (Phi) is 12.8. The van der Waals surface area contributed by atoms with Crippen LogP contribution < -0.4 is 10.6 Å². The average Bonchev–Trinajstić information content (AvgIpc) is 2.59. The summed E-state index contributed by atoms with van der Waals surface area (Å²) >= 11 is 0. The third-order valence-electron chi connectivity index (χ3n) is 4.11. The number of aliphatic imine (C=N–C) groups is 1. The molecular formula is C18H38N4O2. The Morgan fingerprint density at radius 1 is 1.12 bits per heavy atom. The highest BCUT2D eigenvalue weighted by atomic mass is 16.5. The van der Waals surface area contributed by atoms with Gasteiger partial charge >= 0.3 is 0 Å². The Labute approximate surface area is 148 Å². The van der Waals surface area contributed by atoms with E-state index in [2.05, 4.69) is 29.4 Å². The zero-order valence-corrected chi connectivity index (χ0v) is 16.0. The maximum Gasteiger partial charge on any atom is 0.191 e. The number of rotatable bonds is 12. The molecule has 6 nitrogen and oxygen atoms in total. The van der Waals surface area contributed by atoms with E-state index in [1.165, 1.54) is 32.4 Å². The quantitative estimate of drug-likeness (QED) is 0.321. The number of ether oxygens (including phenoxy) is 2. The maximum absolute atomic E-state index is 5.47. The zero-order chi connectivity index (χ0) is 17.5. The minimum Gasteiger partial charge on any atom is -0.382 e. The highest BCUT2D eigenvalue weighted by Gasteiger charge is 2.13. The average molecular weight is 343 g/mol. The fraction of sp³-hybridized carbons (Fsp3) is 0.944. The molecule has 1 heterocycles. The first kappa shape index (κ1) is 21.2. The molecule has 0 aromatic rings. The molecule has 0 saturated carbocycles. The maximum atomic E-state index is 5.47. The van der Waals surface area contributed by atoms with Crippen LogP contribution in [0, 0.1) is 5.92 Å². The standard InChI is InChI=1S/C18H38N4O2/c1-4-19-18(20-9-8-12-24-14-13-23-3)21-15-17(2)16-22-10-6-5-7-11-22/h17H,4-16H2,1-3H3,(H2,19,20,21). The van der Waals surface area contributed by atoms with E-state index in [0.29, 0.717) is 19.1 Å². The first-order valence-electron chi connectivity index (χ1n) is 9.57. The minimum absolute atomic E-state index is 0.593. The molecule has 0 spiro atoms. The van der Waals surface area contributed by atoms with Gasteiger partial charge in [-0.05, 0) is 45.2 Å². The SMILES string of the molecule is CCNC(=NCC(C)CN1CCCCC1)NCCCOCCOC. The van der Waals surface area contributed by atoms with Gasteiger partial charge in [-0.1, -0.05) is 13.3 Å². The predicted octanol–water partition coefficient (Wildman–Crippen LogP) is 1.72. The van der Waals surface area contributed by atoms with Gasteiger partial charge in [0.05, 0.1) is 13.2 Å². The summed E-state index contributed by atoms with van der Waals surface area (Å²) in [5, 5.41) is 6.70. The molecular weight excluding hydrogens is 304 g/mol. The third-order valence-corrected chi connectivity index (χ3v) is 4.11. The minimum atomic E-state index is 0.593. The van der Waals surface area contributed by atoms with E-state index in [4.69, 9.17) is 14.5 Å². The van der Waals surface area contributed by atoms with Crippen LogP contribution in [-0.4, -0.2) is 77.1 Å². The summed E-state index contributed by atoms with van der Waals surface area (Å²) in [6, 6.07) is 0. The molecule has 1 fully saturated rings. The Hall–Kier alpha value is -0.850. The van der Waals surface area contributed by atoms with Gasteiger partial charge in [0.2, 0.25) is 0 Å². The first-order chi connectivity index (χ1) is 11.8. The van der Waals surface area contributed by atoms with Crippen molar-refractivity contribution in [2.75, 3.05) is 66.2 Å². The van der Waals surface area contributed by atoms with Crippen LogP contribution in [0.5, 0.6) is 0 Å². The monoisotopic (exact) mass is 342 g/mol. The molecule has 142 valence electrons. The summed E-state index contributed by atoms with van der Waals surface area (Å²) < 4.78 is 10.4. The van der Waals surface area contributed by atoms with E-state index < -0.39 is 0 Å². The molecule has 1 aliphatic heterocycles. The molecule has 0 aliphatic carbocycles. The molecule has 0 amide bonds. The van der Waals surface area contributed by atoms with Crippen LogP contribution in [0.2, 0.25) is 0 Å². The first-order valence-corrected chi connectivity index (χ1v) is 9.57. The highest BCUT2D eigenvalue weighted by Crippen LogP contribution is 2.11. The largest absolute Gasteiger partial charge is 0.382 e. The molecule has 0 bridgehead atoms. The Bertz CT molecular complexity index is 320. The molecule has 0 radical (unpaired) electrons. The molecule has 0 aromatic heterocycles. The summed E-state index contributed by atoms with van der Waals surface area (Å²) in [4.78, 5) is 7.32. The van der Waals surface area contributed by atoms with Gasteiger partial charge in [-0.25, -0.2) is 0 Å². The van der Waals surface area contributed by atoms with Gasteiger partial charge in [0, 0.05) is 39.9 Å².